The molecule has 1 amide bonds. The van der Waals surface area contributed by atoms with Crippen molar-refractivity contribution in [3.8, 4) is 0 Å². The fraction of sp³-hybridized carbons (Fsp3) is 0.250. The number of nitrogens with one attached hydrogen (secondary N) is 1. The molecular weight excluding hydrogens is 286 g/mol. The maximum Gasteiger partial charge on any atom is 0.255 e. The summed E-state index contributed by atoms with van der Waals surface area (Å²) in [6.45, 7) is 2.17. The summed E-state index contributed by atoms with van der Waals surface area (Å²) < 4.78 is 0. The van der Waals surface area contributed by atoms with E-state index in [1.807, 2.05) is 35.4 Å². The Morgan fingerprint density at radius 1 is 1.29 bits per heavy atom. The zero-order valence-corrected chi connectivity index (χ0v) is 12.3. The molecule has 1 N–H and O–H groups in total. The maximum absolute atomic E-state index is 12.8. The second kappa shape index (κ2) is 6.24. The SMILES string of the molecule is O=C(c1ccccc1Cl)N1CCNCC1c1cccnc1. The molecule has 1 unspecified atom stereocenters. The van der Waals surface area contributed by atoms with Gasteiger partial charge >= 0.3 is 0 Å². The van der Waals surface area contributed by atoms with Gasteiger partial charge in [0.25, 0.3) is 5.91 Å². The zero-order chi connectivity index (χ0) is 14.7. The second-order valence-corrected chi connectivity index (χ2v) is 5.39. The first-order chi connectivity index (χ1) is 10.3. The Hall–Kier alpha value is -1.91. The van der Waals surface area contributed by atoms with Crippen LogP contribution in [0.2, 0.25) is 5.02 Å². The average molecular weight is 302 g/mol. The van der Waals surface area contributed by atoms with Gasteiger partial charge in [0.1, 0.15) is 0 Å². The van der Waals surface area contributed by atoms with E-state index in [1.165, 1.54) is 0 Å². The van der Waals surface area contributed by atoms with Gasteiger partial charge in [0.05, 0.1) is 16.6 Å². The first-order valence-corrected chi connectivity index (χ1v) is 7.31. The Balaban J connectivity index is 1.91. The van der Waals surface area contributed by atoms with Crippen LogP contribution in [0.15, 0.2) is 48.8 Å². The summed E-state index contributed by atoms with van der Waals surface area (Å²) in [6, 6.07) is 11.1. The minimum atomic E-state index is -0.0315. The van der Waals surface area contributed by atoms with E-state index >= 15 is 0 Å². The van der Waals surface area contributed by atoms with Crippen LogP contribution in [0.1, 0.15) is 22.0 Å². The molecule has 108 valence electrons. The fourth-order valence-electron chi connectivity index (χ4n) is 2.61. The summed E-state index contributed by atoms with van der Waals surface area (Å²) in [7, 11) is 0. The number of carbonyl (C=O) groups is 1. The molecule has 1 aromatic heterocycles. The first kappa shape index (κ1) is 14.0. The molecule has 4 nitrogen and oxygen atoms in total. The van der Waals surface area contributed by atoms with Crippen molar-refractivity contribution in [3.63, 3.8) is 0 Å². The quantitative estimate of drug-likeness (QED) is 0.927. The molecule has 1 aliphatic heterocycles. The number of nitrogens with zero attached hydrogens (tertiary/aromatic N) is 2. The highest BCUT2D eigenvalue weighted by molar-refractivity contribution is 6.33. The number of pyridine rings is 1. The second-order valence-electron chi connectivity index (χ2n) is 4.98. The molecule has 3 rings (SSSR count). The van der Waals surface area contributed by atoms with Crippen molar-refractivity contribution in [1.82, 2.24) is 15.2 Å². The number of benzene rings is 1. The molecule has 0 bridgehead atoms. The van der Waals surface area contributed by atoms with Crippen LogP contribution in [-0.2, 0) is 0 Å². The van der Waals surface area contributed by atoms with Crippen molar-refractivity contribution in [3.05, 3.63) is 64.9 Å². The van der Waals surface area contributed by atoms with E-state index in [1.54, 1.807) is 18.3 Å². The summed E-state index contributed by atoms with van der Waals surface area (Å²) >= 11 is 6.16. The monoisotopic (exact) mass is 301 g/mol. The smallest absolute Gasteiger partial charge is 0.255 e. The highest BCUT2D eigenvalue weighted by atomic mass is 35.5. The van der Waals surface area contributed by atoms with Gasteiger partial charge in [-0.3, -0.25) is 9.78 Å². The third-order valence-corrected chi connectivity index (χ3v) is 4.01. The topological polar surface area (TPSA) is 45.2 Å². The Kier molecular flexibility index (Phi) is 4.18. The van der Waals surface area contributed by atoms with Gasteiger partial charge < -0.3 is 10.2 Å². The fourth-order valence-corrected chi connectivity index (χ4v) is 2.82. The highest BCUT2D eigenvalue weighted by Gasteiger charge is 2.29. The van der Waals surface area contributed by atoms with E-state index in [9.17, 15) is 4.79 Å². The van der Waals surface area contributed by atoms with Crippen molar-refractivity contribution in [2.24, 2.45) is 0 Å². The molecule has 1 aliphatic rings. The van der Waals surface area contributed by atoms with Crippen LogP contribution in [0.25, 0.3) is 0 Å². The van der Waals surface area contributed by atoms with E-state index < -0.39 is 0 Å². The molecule has 1 atom stereocenters. The Morgan fingerprint density at radius 3 is 2.90 bits per heavy atom. The van der Waals surface area contributed by atoms with Crippen LogP contribution >= 0.6 is 11.6 Å². The Morgan fingerprint density at radius 2 is 2.14 bits per heavy atom. The molecule has 21 heavy (non-hydrogen) atoms. The first-order valence-electron chi connectivity index (χ1n) is 6.93. The van der Waals surface area contributed by atoms with Crippen LogP contribution in [-0.4, -0.2) is 35.4 Å². The van der Waals surface area contributed by atoms with Gasteiger partial charge in [0.15, 0.2) is 0 Å². The number of aromatic nitrogens is 1. The van der Waals surface area contributed by atoms with Crippen LogP contribution in [0.4, 0.5) is 0 Å². The summed E-state index contributed by atoms with van der Waals surface area (Å²) in [5.74, 6) is -0.0315. The highest BCUT2D eigenvalue weighted by Crippen LogP contribution is 2.25. The van der Waals surface area contributed by atoms with Crippen molar-refractivity contribution >= 4 is 17.5 Å². The number of hydrogen-bond donors (Lipinski definition) is 1. The molecule has 1 saturated heterocycles. The minimum Gasteiger partial charge on any atom is -0.329 e. The van der Waals surface area contributed by atoms with Gasteiger partial charge in [0.2, 0.25) is 0 Å². The molecule has 2 aromatic rings. The van der Waals surface area contributed by atoms with Gasteiger partial charge in [-0.05, 0) is 23.8 Å². The zero-order valence-electron chi connectivity index (χ0n) is 11.5. The number of rotatable bonds is 2. The van der Waals surface area contributed by atoms with Gasteiger partial charge in [-0.2, -0.15) is 0 Å². The van der Waals surface area contributed by atoms with Crippen molar-refractivity contribution in [1.29, 1.82) is 0 Å². The standard InChI is InChI=1S/C16H16ClN3O/c17-14-6-2-1-5-13(14)16(21)20-9-8-19-11-15(20)12-4-3-7-18-10-12/h1-7,10,15,19H,8-9,11H2. The molecule has 1 fully saturated rings. The van der Waals surface area contributed by atoms with Crippen molar-refractivity contribution < 1.29 is 4.79 Å². The lowest BCUT2D eigenvalue weighted by Gasteiger charge is -2.36. The summed E-state index contributed by atoms with van der Waals surface area (Å²) in [5.41, 5.74) is 1.58. The van der Waals surface area contributed by atoms with Gasteiger partial charge in [-0.15, -0.1) is 0 Å². The molecule has 2 heterocycles. The third kappa shape index (κ3) is 2.91. The summed E-state index contributed by atoms with van der Waals surface area (Å²) in [4.78, 5) is 18.8. The predicted molar refractivity (Wildman–Crippen MR) is 82.3 cm³/mol. The molecular formula is C16H16ClN3O. The lowest BCUT2D eigenvalue weighted by atomic mass is 10.0. The minimum absolute atomic E-state index is 0.0174. The largest absolute Gasteiger partial charge is 0.329 e. The number of halogens is 1. The van der Waals surface area contributed by atoms with Gasteiger partial charge in [-0.1, -0.05) is 29.8 Å². The van der Waals surface area contributed by atoms with Crippen molar-refractivity contribution in [2.45, 2.75) is 6.04 Å². The van der Waals surface area contributed by atoms with Crippen LogP contribution in [0, 0.1) is 0 Å². The van der Waals surface area contributed by atoms with Crippen molar-refractivity contribution in [2.75, 3.05) is 19.6 Å². The number of carbonyl (C=O) groups excluding carboxylic acids is 1. The number of amides is 1. The lowest BCUT2D eigenvalue weighted by Crippen LogP contribution is -2.48. The van der Waals surface area contributed by atoms with Crippen LogP contribution < -0.4 is 5.32 Å². The van der Waals surface area contributed by atoms with E-state index in [0.29, 0.717) is 17.1 Å². The lowest BCUT2D eigenvalue weighted by molar-refractivity contribution is 0.0634. The van der Waals surface area contributed by atoms with Gasteiger partial charge in [-0.25, -0.2) is 0 Å². The predicted octanol–water partition coefficient (Wildman–Crippen LogP) is 2.52. The number of hydrogen-bond acceptors (Lipinski definition) is 3. The molecule has 0 spiro atoms. The molecule has 0 aliphatic carbocycles. The van der Waals surface area contributed by atoms with Gasteiger partial charge in [0, 0.05) is 32.0 Å². The summed E-state index contributed by atoms with van der Waals surface area (Å²) in [5, 5.41) is 3.82. The third-order valence-electron chi connectivity index (χ3n) is 3.68. The Bertz CT molecular complexity index is 632. The maximum atomic E-state index is 12.8. The van der Waals surface area contributed by atoms with Crippen LogP contribution in [0.5, 0.6) is 0 Å². The van der Waals surface area contributed by atoms with E-state index in [2.05, 4.69) is 10.3 Å². The van der Waals surface area contributed by atoms with E-state index in [-0.39, 0.29) is 11.9 Å². The van der Waals surface area contributed by atoms with E-state index in [0.717, 1.165) is 18.7 Å². The van der Waals surface area contributed by atoms with Crippen LogP contribution in [0.3, 0.4) is 0 Å². The molecule has 5 heteroatoms. The molecule has 0 saturated carbocycles. The Labute approximate surface area is 128 Å². The summed E-state index contributed by atoms with van der Waals surface area (Å²) in [6.07, 6.45) is 3.55. The average Bonchev–Trinajstić information content (AvgIpc) is 2.55. The molecule has 0 radical (unpaired) electrons. The van der Waals surface area contributed by atoms with E-state index in [4.69, 9.17) is 11.6 Å². The molecule has 1 aromatic carbocycles. The number of piperazine rings is 1. The normalized spacial score (nSPS) is 18.5.